The summed E-state index contributed by atoms with van der Waals surface area (Å²) in [7, 11) is 0. The molecular weight excluding hydrogens is 392 g/mol. The summed E-state index contributed by atoms with van der Waals surface area (Å²) in [5.41, 5.74) is 4.36. The predicted molar refractivity (Wildman–Crippen MR) is 123 cm³/mol. The van der Waals surface area contributed by atoms with E-state index < -0.39 is 0 Å². The first kappa shape index (κ1) is 20.6. The number of Topliss-reactive ketones (excluding diaryl/α,β-unsaturated/α-hetero) is 1. The van der Waals surface area contributed by atoms with Gasteiger partial charge in [-0.2, -0.15) is 0 Å². The summed E-state index contributed by atoms with van der Waals surface area (Å²) in [6, 6.07) is 18.4. The topological polar surface area (TPSA) is 41.6 Å². The molecule has 1 atom stereocenters. The largest absolute Gasteiger partial charge is 0.494 e. The van der Waals surface area contributed by atoms with E-state index in [1.807, 2.05) is 30.3 Å². The molecule has 2 aromatic carbocycles. The van der Waals surface area contributed by atoms with Crippen LogP contribution in [0.2, 0.25) is 0 Å². The quantitative estimate of drug-likeness (QED) is 0.507. The normalized spacial score (nSPS) is 18.8. The Balaban J connectivity index is 1.43. The summed E-state index contributed by atoms with van der Waals surface area (Å²) in [5, 5.41) is 4.10. The SMILES string of the molecule is CCN1C(=S)NC(c2ccc(OCCCc3ccccc3)cc2)C2=C1CCCC2=O. The zero-order valence-electron chi connectivity index (χ0n) is 17.4. The highest BCUT2D eigenvalue weighted by molar-refractivity contribution is 7.80. The van der Waals surface area contributed by atoms with Crippen LogP contribution in [0.3, 0.4) is 0 Å². The van der Waals surface area contributed by atoms with Crippen LogP contribution in [-0.4, -0.2) is 28.9 Å². The van der Waals surface area contributed by atoms with E-state index in [4.69, 9.17) is 17.0 Å². The standard InChI is InChI=1S/C25H28N2O2S/c1-2-27-21-11-6-12-22(28)23(21)24(26-25(27)30)19-13-15-20(16-14-19)29-17-7-10-18-8-4-3-5-9-18/h3-5,8-9,13-16,24H,2,6-7,10-12,17H2,1H3,(H,26,30). The minimum atomic E-state index is -0.171. The zero-order chi connectivity index (χ0) is 20.9. The van der Waals surface area contributed by atoms with Crippen LogP contribution in [0.5, 0.6) is 5.75 Å². The zero-order valence-corrected chi connectivity index (χ0v) is 18.2. The fraction of sp³-hybridized carbons (Fsp3) is 0.360. The summed E-state index contributed by atoms with van der Waals surface area (Å²) in [4.78, 5) is 14.8. The highest BCUT2D eigenvalue weighted by Crippen LogP contribution is 2.37. The van der Waals surface area contributed by atoms with Gasteiger partial charge in [0.25, 0.3) is 0 Å². The van der Waals surface area contributed by atoms with Gasteiger partial charge in [0.15, 0.2) is 10.9 Å². The highest BCUT2D eigenvalue weighted by atomic mass is 32.1. The number of nitrogens with zero attached hydrogens (tertiary/aromatic N) is 1. The Labute approximate surface area is 183 Å². The van der Waals surface area contributed by atoms with Gasteiger partial charge in [0.2, 0.25) is 0 Å². The van der Waals surface area contributed by atoms with Gasteiger partial charge >= 0.3 is 0 Å². The van der Waals surface area contributed by atoms with E-state index in [1.54, 1.807) is 0 Å². The Morgan fingerprint density at radius 3 is 2.60 bits per heavy atom. The van der Waals surface area contributed by atoms with Crippen LogP contribution in [0, 0.1) is 0 Å². The molecule has 1 aliphatic heterocycles. The molecule has 4 rings (SSSR count). The summed E-state index contributed by atoms with van der Waals surface area (Å²) < 4.78 is 5.92. The van der Waals surface area contributed by atoms with Crippen LogP contribution in [0.4, 0.5) is 0 Å². The molecule has 0 saturated carbocycles. The summed E-state index contributed by atoms with van der Waals surface area (Å²) in [6.07, 6.45) is 4.41. The smallest absolute Gasteiger partial charge is 0.173 e. The monoisotopic (exact) mass is 420 g/mol. The molecule has 156 valence electrons. The van der Waals surface area contributed by atoms with Crippen molar-refractivity contribution in [2.24, 2.45) is 0 Å². The Morgan fingerprint density at radius 1 is 1.10 bits per heavy atom. The van der Waals surface area contributed by atoms with E-state index in [2.05, 4.69) is 41.4 Å². The Bertz CT molecular complexity index is 937. The van der Waals surface area contributed by atoms with Crippen molar-refractivity contribution in [3.8, 4) is 5.75 Å². The number of allylic oxidation sites excluding steroid dienone is 1. The molecule has 1 N–H and O–H groups in total. The number of carbonyl (C=O) groups excluding carboxylic acids is 1. The van der Waals surface area contributed by atoms with Crippen molar-refractivity contribution in [1.29, 1.82) is 0 Å². The fourth-order valence-electron chi connectivity index (χ4n) is 4.30. The van der Waals surface area contributed by atoms with Gasteiger partial charge in [-0.05, 0) is 68.1 Å². The van der Waals surface area contributed by atoms with E-state index in [-0.39, 0.29) is 11.8 Å². The fourth-order valence-corrected chi connectivity index (χ4v) is 4.66. The van der Waals surface area contributed by atoms with Crippen LogP contribution in [0.25, 0.3) is 0 Å². The molecule has 0 spiro atoms. The highest BCUT2D eigenvalue weighted by Gasteiger charge is 2.36. The molecule has 0 amide bonds. The predicted octanol–water partition coefficient (Wildman–Crippen LogP) is 4.96. The number of hydrogen-bond donors (Lipinski definition) is 1. The van der Waals surface area contributed by atoms with Crippen molar-refractivity contribution in [3.63, 3.8) is 0 Å². The number of thiocarbonyl (C=S) groups is 1. The minimum absolute atomic E-state index is 0.171. The van der Waals surface area contributed by atoms with Gasteiger partial charge in [-0.1, -0.05) is 42.5 Å². The molecule has 4 nitrogen and oxygen atoms in total. The van der Waals surface area contributed by atoms with Crippen LogP contribution in [-0.2, 0) is 11.2 Å². The van der Waals surface area contributed by atoms with Gasteiger partial charge in [0.1, 0.15) is 5.75 Å². The van der Waals surface area contributed by atoms with Crippen LogP contribution in [0.15, 0.2) is 65.9 Å². The number of ether oxygens (including phenoxy) is 1. The molecule has 0 fully saturated rings. The van der Waals surface area contributed by atoms with Crippen molar-refractivity contribution in [1.82, 2.24) is 10.2 Å². The Kier molecular flexibility index (Phi) is 6.48. The maximum atomic E-state index is 12.7. The molecule has 2 aromatic rings. The maximum absolute atomic E-state index is 12.7. The molecule has 0 aromatic heterocycles. The second-order valence-electron chi connectivity index (χ2n) is 7.77. The lowest BCUT2D eigenvalue weighted by Crippen LogP contribution is -2.49. The molecule has 30 heavy (non-hydrogen) atoms. The first-order valence-corrected chi connectivity index (χ1v) is 11.2. The van der Waals surface area contributed by atoms with E-state index in [9.17, 15) is 4.79 Å². The van der Waals surface area contributed by atoms with Crippen LogP contribution < -0.4 is 10.1 Å². The Morgan fingerprint density at radius 2 is 1.87 bits per heavy atom. The number of nitrogens with one attached hydrogen (secondary N) is 1. The molecule has 1 heterocycles. The summed E-state index contributed by atoms with van der Waals surface area (Å²) in [6.45, 7) is 3.53. The maximum Gasteiger partial charge on any atom is 0.173 e. The third-order valence-corrected chi connectivity index (χ3v) is 6.15. The van der Waals surface area contributed by atoms with Crippen molar-refractivity contribution in [2.45, 2.75) is 45.1 Å². The van der Waals surface area contributed by atoms with Crippen molar-refractivity contribution < 1.29 is 9.53 Å². The molecule has 0 bridgehead atoms. The summed E-state index contributed by atoms with van der Waals surface area (Å²) in [5.74, 6) is 1.08. The lowest BCUT2D eigenvalue weighted by molar-refractivity contribution is -0.116. The average molecular weight is 421 g/mol. The number of aryl methyl sites for hydroxylation is 1. The van der Waals surface area contributed by atoms with Crippen LogP contribution >= 0.6 is 12.2 Å². The van der Waals surface area contributed by atoms with E-state index in [0.717, 1.165) is 54.8 Å². The molecule has 0 saturated heterocycles. The molecule has 5 heteroatoms. The molecular formula is C25H28N2O2S. The number of benzene rings is 2. The second-order valence-corrected chi connectivity index (χ2v) is 8.16. The molecule has 1 aliphatic carbocycles. The lowest BCUT2D eigenvalue weighted by Gasteiger charge is -2.40. The van der Waals surface area contributed by atoms with Crippen molar-refractivity contribution in [3.05, 3.63) is 77.0 Å². The van der Waals surface area contributed by atoms with Crippen molar-refractivity contribution in [2.75, 3.05) is 13.2 Å². The third kappa shape index (κ3) is 4.41. The molecule has 1 unspecified atom stereocenters. The number of carbonyl (C=O) groups is 1. The van der Waals surface area contributed by atoms with E-state index in [1.165, 1.54) is 5.56 Å². The molecule has 0 radical (unpaired) electrons. The number of ketones is 1. The van der Waals surface area contributed by atoms with Crippen LogP contribution in [0.1, 0.15) is 49.8 Å². The first-order chi connectivity index (χ1) is 14.7. The van der Waals surface area contributed by atoms with Gasteiger partial charge in [-0.3, -0.25) is 4.79 Å². The lowest BCUT2D eigenvalue weighted by atomic mass is 9.85. The van der Waals surface area contributed by atoms with Gasteiger partial charge in [-0.15, -0.1) is 0 Å². The second kappa shape index (κ2) is 9.43. The van der Waals surface area contributed by atoms with Gasteiger partial charge in [-0.25, -0.2) is 0 Å². The van der Waals surface area contributed by atoms with Gasteiger partial charge in [0, 0.05) is 24.2 Å². The average Bonchev–Trinajstić information content (AvgIpc) is 2.77. The summed E-state index contributed by atoms with van der Waals surface area (Å²) >= 11 is 5.59. The van der Waals surface area contributed by atoms with E-state index >= 15 is 0 Å². The first-order valence-electron chi connectivity index (χ1n) is 10.8. The van der Waals surface area contributed by atoms with Crippen molar-refractivity contribution >= 4 is 23.1 Å². The molecule has 2 aliphatic rings. The number of hydrogen-bond acceptors (Lipinski definition) is 3. The van der Waals surface area contributed by atoms with E-state index in [0.29, 0.717) is 18.1 Å². The van der Waals surface area contributed by atoms with Gasteiger partial charge in [0.05, 0.1) is 12.6 Å². The third-order valence-electron chi connectivity index (χ3n) is 5.81. The minimum Gasteiger partial charge on any atom is -0.494 e. The Hall–Kier alpha value is -2.66. The van der Waals surface area contributed by atoms with Gasteiger partial charge < -0.3 is 15.0 Å². The number of rotatable bonds is 7.